The number of amides is 2. The van der Waals surface area contributed by atoms with Crippen molar-refractivity contribution in [3.63, 3.8) is 0 Å². The number of fused-ring (bicyclic) bond motifs is 4. The normalized spacial score (nSPS) is 19.7. The Morgan fingerprint density at radius 3 is 2.35 bits per heavy atom. The van der Waals surface area contributed by atoms with E-state index >= 15 is 0 Å². The molecule has 43 heavy (non-hydrogen) atoms. The summed E-state index contributed by atoms with van der Waals surface area (Å²) in [4.78, 5) is 34.0. The van der Waals surface area contributed by atoms with Gasteiger partial charge < -0.3 is 24.6 Å². The number of ether oxygens (including phenoxy) is 2. The van der Waals surface area contributed by atoms with Gasteiger partial charge in [0, 0.05) is 51.4 Å². The van der Waals surface area contributed by atoms with Gasteiger partial charge in [-0.25, -0.2) is 4.39 Å². The number of nitrogens with zero attached hydrogens (tertiary/aromatic N) is 3. The Kier molecular flexibility index (Phi) is 8.51. The maximum absolute atomic E-state index is 14.3. The number of hydrogen-bond acceptors (Lipinski definition) is 6. The minimum absolute atomic E-state index is 0.0464. The molecule has 0 radical (unpaired) electrons. The van der Waals surface area contributed by atoms with E-state index in [0.29, 0.717) is 62.0 Å². The summed E-state index contributed by atoms with van der Waals surface area (Å²) >= 11 is 0. The van der Waals surface area contributed by atoms with E-state index in [2.05, 4.69) is 15.1 Å². The maximum atomic E-state index is 14.3. The molecule has 1 saturated heterocycles. The number of carbonyl (C=O) groups is 2. The zero-order valence-electron chi connectivity index (χ0n) is 24.9. The zero-order chi connectivity index (χ0) is 29.9. The second kappa shape index (κ2) is 12.6. The van der Waals surface area contributed by atoms with E-state index < -0.39 is 12.0 Å². The number of rotatable bonds is 9. The van der Waals surface area contributed by atoms with Gasteiger partial charge in [0.1, 0.15) is 5.82 Å². The first-order valence-electron chi connectivity index (χ1n) is 15.3. The first-order valence-corrected chi connectivity index (χ1v) is 15.3. The van der Waals surface area contributed by atoms with E-state index in [9.17, 15) is 14.0 Å². The van der Waals surface area contributed by atoms with Crippen molar-refractivity contribution in [1.29, 1.82) is 0 Å². The first-order chi connectivity index (χ1) is 21.0. The lowest BCUT2D eigenvalue weighted by Gasteiger charge is -2.45. The van der Waals surface area contributed by atoms with E-state index in [-0.39, 0.29) is 17.6 Å². The van der Waals surface area contributed by atoms with E-state index in [1.807, 2.05) is 67.3 Å². The zero-order valence-corrected chi connectivity index (χ0v) is 24.9. The predicted octanol–water partition coefficient (Wildman–Crippen LogP) is 4.40. The summed E-state index contributed by atoms with van der Waals surface area (Å²) in [5.74, 6) is 0.420. The van der Waals surface area contributed by atoms with Crippen LogP contribution in [-0.2, 0) is 11.2 Å². The smallest absolute Gasteiger partial charge is 0.254 e. The molecule has 6 rings (SSSR count). The van der Waals surface area contributed by atoms with Gasteiger partial charge in [-0.2, -0.15) is 0 Å². The molecule has 3 aliphatic heterocycles. The number of halogens is 1. The lowest BCUT2D eigenvalue weighted by atomic mass is 9.75. The van der Waals surface area contributed by atoms with Gasteiger partial charge in [-0.05, 0) is 67.3 Å². The molecule has 0 saturated carbocycles. The summed E-state index contributed by atoms with van der Waals surface area (Å²) in [5, 5.41) is 3.19. The molecule has 9 heteroatoms. The van der Waals surface area contributed by atoms with Crippen LogP contribution in [0.25, 0.3) is 0 Å². The van der Waals surface area contributed by atoms with Crippen LogP contribution in [-0.4, -0.2) is 80.6 Å². The molecule has 3 aliphatic rings. The average molecular weight is 587 g/mol. The van der Waals surface area contributed by atoms with Crippen LogP contribution in [0.3, 0.4) is 0 Å². The predicted molar refractivity (Wildman–Crippen MR) is 164 cm³/mol. The average Bonchev–Trinajstić information content (AvgIpc) is 3.02. The van der Waals surface area contributed by atoms with Gasteiger partial charge in [0.05, 0.1) is 30.9 Å². The second-order valence-electron chi connectivity index (χ2n) is 11.2. The first kappa shape index (κ1) is 29.0. The van der Waals surface area contributed by atoms with Crippen molar-refractivity contribution in [3.05, 3.63) is 88.7 Å². The van der Waals surface area contributed by atoms with Crippen LogP contribution in [0.1, 0.15) is 52.9 Å². The van der Waals surface area contributed by atoms with Crippen LogP contribution in [0.15, 0.2) is 60.7 Å². The summed E-state index contributed by atoms with van der Waals surface area (Å²) in [6, 6.07) is 17.9. The lowest BCUT2D eigenvalue weighted by molar-refractivity contribution is -0.124. The Balaban J connectivity index is 1.20. The Labute approximate surface area is 252 Å². The summed E-state index contributed by atoms with van der Waals surface area (Å²) in [5.41, 5.74) is 3.99. The third kappa shape index (κ3) is 5.66. The van der Waals surface area contributed by atoms with Crippen LogP contribution >= 0.6 is 0 Å². The monoisotopic (exact) mass is 586 g/mol. The molecule has 0 aliphatic carbocycles. The Morgan fingerprint density at radius 2 is 1.60 bits per heavy atom. The minimum Gasteiger partial charge on any atom is -0.490 e. The molecule has 1 fully saturated rings. The fourth-order valence-electron chi connectivity index (χ4n) is 6.72. The third-order valence-corrected chi connectivity index (χ3v) is 8.76. The van der Waals surface area contributed by atoms with Crippen molar-refractivity contribution >= 4 is 17.5 Å². The van der Waals surface area contributed by atoms with Gasteiger partial charge in [-0.15, -0.1) is 0 Å². The van der Waals surface area contributed by atoms with Crippen molar-refractivity contribution in [3.8, 4) is 11.5 Å². The minimum atomic E-state index is -0.557. The van der Waals surface area contributed by atoms with Gasteiger partial charge in [0.2, 0.25) is 5.91 Å². The molecule has 3 heterocycles. The third-order valence-electron chi connectivity index (χ3n) is 8.76. The van der Waals surface area contributed by atoms with Crippen molar-refractivity contribution in [2.24, 2.45) is 0 Å². The molecule has 0 bridgehead atoms. The van der Waals surface area contributed by atoms with Gasteiger partial charge in [0.25, 0.3) is 5.91 Å². The van der Waals surface area contributed by atoms with Crippen LogP contribution in [0, 0.1) is 5.82 Å². The Hall–Kier alpha value is -4.11. The highest BCUT2D eigenvalue weighted by Crippen LogP contribution is 2.48. The molecule has 2 amide bonds. The van der Waals surface area contributed by atoms with E-state index in [1.54, 1.807) is 6.07 Å². The molecule has 1 N–H and O–H groups in total. The highest BCUT2D eigenvalue weighted by Gasteiger charge is 2.46. The molecule has 0 spiro atoms. The molecule has 226 valence electrons. The van der Waals surface area contributed by atoms with Gasteiger partial charge in [0.15, 0.2) is 11.5 Å². The highest BCUT2D eigenvalue weighted by molar-refractivity contribution is 6.01. The molecule has 8 nitrogen and oxygen atoms in total. The van der Waals surface area contributed by atoms with Crippen molar-refractivity contribution in [1.82, 2.24) is 15.1 Å². The molecular formula is C34H39FN4O4. The van der Waals surface area contributed by atoms with Gasteiger partial charge in [-0.1, -0.05) is 30.3 Å². The molecule has 3 aromatic rings. The van der Waals surface area contributed by atoms with Crippen LogP contribution < -0.4 is 19.7 Å². The standard InChI is InChI=1S/C34H39FN4O4/c1-3-42-29-21-23-13-15-39-32(26(23)22-30(29)43-4-2)31(24-9-5-6-10-25(24)34(39)41)33(40)36-14-16-37-17-19-38(20-18-37)28-12-8-7-11-27(28)35/h5-12,21-22,31-32H,3-4,13-20H2,1-2H3,(H,36,40)/t31-,32+/m1/s1. The SMILES string of the molecule is CCOc1cc2c(cc1OCC)[C@H]1[C@H](C(=O)NCCN3CCN(c4ccccc4F)CC3)c3ccccc3C(=O)N1CC2. The summed E-state index contributed by atoms with van der Waals surface area (Å²) in [6.07, 6.45) is 0.680. The second-order valence-corrected chi connectivity index (χ2v) is 11.2. The fraction of sp³-hybridized carbons (Fsp3) is 0.412. The number of carbonyl (C=O) groups excluding carboxylic acids is 2. The van der Waals surface area contributed by atoms with Crippen LogP contribution in [0.2, 0.25) is 0 Å². The number of benzene rings is 3. The topological polar surface area (TPSA) is 74.4 Å². The van der Waals surface area contributed by atoms with Crippen LogP contribution in [0.4, 0.5) is 10.1 Å². The quantitative estimate of drug-likeness (QED) is 0.401. The Bertz CT molecular complexity index is 1490. The highest BCUT2D eigenvalue weighted by atomic mass is 19.1. The van der Waals surface area contributed by atoms with Gasteiger partial charge >= 0.3 is 0 Å². The summed E-state index contributed by atoms with van der Waals surface area (Å²) < 4.78 is 26.1. The maximum Gasteiger partial charge on any atom is 0.254 e. The molecule has 2 atom stereocenters. The molecule has 0 aromatic heterocycles. The number of nitrogens with one attached hydrogen (secondary N) is 1. The van der Waals surface area contributed by atoms with Crippen molar-refractivity contribution in [2.75, 3.05) is 63.9 Å². The van der Waals surface area contributed by atoms with Gasteiger partial charge in [-0.3, -0.25) is 14.5 Å². The van der Waals surface area contributed by atoms with Crippen molar-refractivity contribution < 1.29 is 23.5 Å². The number of para-hydroxylation sites is 1. The Morgan fingerprint density at radius 1 is 0.907 bits per heavy atom. The fourth-order valence-corrected chi connectivity index (χ4v) is 6.72. The van der Waals surface area contributed by atoms with E-state index in [1.165, 1.54) is 6.07 Å². The largest absolute Gasteiger partial charge is 0.490 e. The van der Waals surface area contributed by atoms with E-state index in [0.717, 1.165) is 42.9 Å². The number of hydrogen-bond donors (Lipinski definition) is 1. The molecule has 3 aromatic carbocycles. The number of anilines is 1. The molecule has 0 unspecified atom stereocenters. The number of piperazine rings is 1. The lowest BCUT2D eigenvalue weighted by Crippen LogP contribution is -2.51. The van der Waals surface area contributed by atoms with Crippen molar-refractivity contribution in [2.45, 2.75) is 32.2 Å². The van der Waals surface area contributed by atoms with Crippen LogP contribution in [0.5, 0.6) is 11.5 Å². The summed E-state index contributed by atoms with van der Waals surface area (Å²) in [6.45, 7) is 9.61. The van der Waals surface area contributed by atoms with E-state index in [4.69, 9.17) is 9.47 Å². The molecular weight excluding hydrogens is 547 g/mol. The summed E-state index contributed by atoms with van der Waals surface area (Å²) in [7, 11) is 0.